The standard InChI is InChI=1S/C13H20N2O/c1-3-5-9-15-13-11(14)7-6-8-12(13)16-10-4-2/h4,6-8,15H,2-3,5,9-10,14H2,1H3. The van der Waals surface area contributed by atoms with Crippen molar-refractivity contribution in [3.63, 3.8) is 0 Å². The number of para-hydroxylation sites is 1. The van der Waals surface area contributed by atoms with E-state index in [9.17, 15) is 0 Å². The van der Waals surface area contributed by atoms with Crippen LogP contribution in [-0.2, 0) is 0 Å². The predicted molar refractivity (Wildman–Crippen MR) is 69.9 cm³/mol. The van der Waals surface area contributed by atoms with E-state index < -0.39 is 0 Å². The molecule has 16 heavy (non-hydrogen) atoms. The summed E-state index contributed by atoms with van der Waals surface area (Å²) in [5.41, 5.74) is 7.51. The van der Waals surface area contributed by atoms with Gasteiger partial charge in [-0.05, 0) is 18.6 Å². The molecule has 3 heteroatoms. The highest BCUT2D eigenvalue weighted by Gasteiger charge is 2.05. The van der Waals surface area contributed by atoms with E-state index in [-0.39, 0.29) is 0 Å². The van der Waals surface area contributed by atoms with E-state index in [4.69, 9.17) is 10.5 Å². The zero-order chi connectivity index (χ0) is 11.8. The van der Waals surface area contributed by atoms with E-state index in [1.54, 1.807) is 6.08 Å². The molecule has 0 atom stereocenters. The van der Waals surface area contributed by atoms with Gasteiger partial charge < -0.3 is 15.8 Å². The maximum Gasteiger partial charge on any atom is 0.144 e. The van der Waals surface area contributed by atoms with Gasteiger partial charge in [0.25, 0.3) is 0 Å². The second-order valence-corrected chi connectivity index (χ2v) is 3.60. The minimum Gasteiger partial charge on any atom is -0.487 e. The van der Waals surface area contributed by atoms with Crippen molar-refractivity contribution in [1.82, 2.24) is 0 Å². The van der Waals surface area contributed by atoms with Crippen LogP contribution in [0.3, 0.4) is 0 Å². The summed E-state index contributed by atoms with van der Waals surface area (Å²) in [6, 6.07) is 5.67. The minimum absolute atomic E-state index is 0.492. The van der Waals surface area contributed by atoms with Crippen LogP contribution in [0.5, 0.6) is 5.75 Å². The lowest BCUT2D eigenvalue weighted by molar-refractivity contribution is 0.365. The molecule has 3 N–H and O–H groups in total. The van der Waals surface area contributed by atoms with Crippen molar-refractivity contribution in [2.45, 2.75) is 19.8 Å². The van der Waals surface area contributed by atoms with E-state index in [2.05, 4.69) is 18.8 Å². The Morgan fingerprint density at radius 2 is 2.31 bits per heavy atom. The van der Waals surface area contributed by atoms with Crippen molar-refractivity contribution in [2.75, 3.05) is 24.2 Å². The average molecular weight is 220 g/mol. The summed E-state index contributed by atoms with van der Waals surface area (Å²) in [7, 11) is 0. The van der Waals surface area contributed by atoms with Crippen molar-refractivity contribution in [3.05, 3.63) is 30.9 Å². The van der Waals surface area contributed by atoms with Gasteiger partial charge in [-0.25, -0.2) is 0 Å². The zero-order valence-corrected chi connectivity index (χ0v) is 9.83. The molecule has 0 radical (unpaired) electrons. The summed E-state index contributed by atoms with van der Waals surface area (Å²) < 4.78 is 5.54. The zero-order valence-electron chi connectivity index (χ0n) is 9.83. The van der Waals surface area contributed by atoms with Crippen molar-refractivity contribution >= 4 is 11.4 Å². The first-order chi connectivity index (χ1) is 7.79. The predicted octanol–water partition coefficient (Wildman–Crippen LogP) is 3.05. The Kier molecular flexibility index (Phi) is 5.26. The molecule has 0 aromatic heterocycles. The highest BCUT2D eigenvalue weighted by atomic mass is 16.5. The third-order valence-corrected chi connectivity index (χ3v) is 2.25. The molecular weight excluding hydrogens is 200 g/mol. The summed E-state index contributed by atoms with van der Waals surface area (Å²) in [5, 5.41) is 3.31. The Hall–Kier alpha value is -1.64. The topological polar surface area (TPSA) is 47.3 Å². The van der Waals surface area contributed by atoms with E-state index >= 15 is 0 Å². The van der Waals surface area contributed by atoms with Gasteiger partial charge >= 0.3 is 0 Å². The number of nitrogens with one attached hydrogen (secondary N) is 1. The SMILES string of the molecule is C=CCOc1cccc(N)c1NCCCC. The van der Waals surface area contributed by atoms with Crippen LogP contribution in [0, 0.1) is 0 Å². The number of hydrogen-bond acceptors (Lipinski definition) is 3. The lowest BCUT2D eigenvalue weighted by Crippen LogP contribution is -2.06. The first-order valence-electron chi connectivity index (χ1n) is 5.65. The van der Waals surface area contributed by atoms with E-state index in [0.29, 0.717) is 6.61 Å². The molecule has 0 aliphatic heterocycles. The Morgan fingerprint density at radius 3 is 3.00 bits per heavy atom. The van der Waals surface area contributed by atoms with Gasteiger partial charge in [-0.15, -0.1) is 0 Å². The number of rotatable bonds is 7. The van der Waals surface area contributed by atoms with Crippen LogP contribution in [0.1, 0.15) is 19.8 Å². The number of nitrogen functional groups attached to an aromatic ring is 1. The van der Waals surface area contributed by atoms with Crippen molar-refractivity contribution in [2.24, 2.45) is 0 Å². The number of anilines is 2. The maximum absolute atomic E-state index is 5.91. The maximum atomic E-state index is 5.91. The minimum atomic E-state index is 0.492. The molecule has 0 spiro atoms. The quantitative estimate of drug-likeness (QED) is 0.422. The largest absolute Gasteiger partial charge is 0.487 e. The first-order valence-corrected chi connectivity index (χ1v) is 5.65. The fraction of sp³-hybridized carbons (Fsp3) is 0.385. The van der Waals surface area contributed by atoms with E-state index in [0.717, 1.165) is 36.5 Å². The van der Waals surface area contributed by atoms with Crippen molar-refractivity contribution in [3.8, 4) is 5.75 Å². The highest BCUT2D eigenvalue weighted by molar-refractivity contribution is 5.73. The number of ether oxygens (including phenoxy) is 1. The summed E-state index contributed by atoms with van der Waals surface area (Å²) in [5.74, 6) is 0.788. The molecule has 0 saturated heterocycles. The molecule has 0 amide bonds. The van der Waals surface area contributed by atoms with Crippen molar-refractivity contribution in [1.29, 1.82) is 0 Å². The van der Waals surface area contributed by atoms with Crippen LogP contribution in [0.2, 0.25) is 0 Å². The van der Waals surface area contributed by atoms with Gasteiger partial charge in [-0.2, -0.15) is 0 Å². The highest BCUT2D eigenvalue weighted by Crippen LogP contribution is 2.30. The van der Waals surface area contributed by atoms with Crippen LogP contribution in [-0.4, -0.2) is 13.2 Å². The van der Waals surface area contributed by atoms with Crippen LogP contribution < -0.4 is 15.8 Å². The molecule has 0 fully saturated rings. The summed E-state index contributed by atoms with van der Waals surface area (Å²) in [6.07, 6.45) is 4.00. The normalized spacial score (nSPS) is 9.81. The number of hydrogen-bond donors (Lipinski definition) is 2. The molecule has 0 saturated carbocycles. The average Bonchev–Trinajstić information content (AvgIpc) is 2.29. The van der Waals surface area contributed by atoms with E-state index in [1.165, 1.54) is 0 Å². The van der Waals surface area contributed by atoms with Gasteiger partial charge in [0.15, 0.2) is 0 Å². The summed E-state index contributed by atoms with van der Waals surface area (Å²) >= 11 is 0. The molecular formula is C13H20N2O. The molecule has 1 aromatic rings. The molecule has 1 aromatic carbocycles. The number of benzene rings is 1. The second-order valence-electron chi connectivity index (χ2n) is 3.60. The Balaban J connectivity index is 2.72. The molecule has 0 bridgehead atoms. The Morgan fingerprint density at radius 1 is 1.50 bits per heavy atom. The van der Waals surface area contributed by atoms with Gasteiger partial charge in [0, 0.05) is 6.54 Å². The smallest absolute Gasteiger partial charge is 0.144 e. The lowest BCUT2D eigenvalue weighted by atomic mass is 10.2. The van der Waals surface area contributed by atoms with Crippen LogP contribution in [0.25, 0.3) is 0 Å². The number of unbranched alkanes of at least 4 members (excludes halogenated alkanes) is 1. The summed E-state index contributed by atoms with van der Waals surface area (Å²) in [6.45, 7) is 7.19. The molecule has 88 valence electrons. The molecule has 1 rings (SSSR count). The van der Waals surface area contributed by atoms with Gasteiger partial charge in [-0.1, -0.05) is 32.1 Å². The monoisotopic (exact) mass is 220 g/mol. The Labute approximate surface area is 97.3 Å². The van der Waals surface area contributed by atoms with Crippen molar-refractivity contribution < 1.29 is 4.74 Å². The molecule has 0 unspecified atom stereocenters. The van der Waals surface area contributed by atoms with Gasteiger partial charge in [0.2, 0.25) is 0 Å². The van der Waals surface area contributed by atoms with Gasteiger partial charge in [-0.3, -0.25) is 0 Å². The van der Waals surface area contributed by atoms with E-state index in [1.807, 2.05) is 18.2 Å². The van der Waals surface area contributed by atoms with Gasteiger partial charge in [0.05, 0.1) is 5.69 Å². The third kappa shape index (κ3) is 3.50. The molecule has 3 nitrogen and oxygen atoms in total. The fourth-order valence-corrected chi connectivity index (χ4v) is 1.40. The first kappa shape index (κ1) is 12.4. The molecule has 0 aliphatic rings. The van der Waals surface area contributed by atoms with Crippen LogP contribution in [0.4, 0.5) is 11.4 Å². The Bertz CT molecular complexity index is 337. The van der Waals surface area contributed by atoms with Gasteiger partial charge in [0.1, 0.15) is 18.0 Å². The lowest BCUT2D eigenvalue weighted by Gasteiger charge is -2.14. The number of nitrogens with two attached hydrogens (primary N) is 1. The van der Waals surface area contributed by atoms with Crippen LogP contribution >= 0.6 is 0 Å². The molecule has 0 heterocycles. The fourth-order valence-electron chi connectivity index (χ4n) is 1.40. The second kappa shape index (κ2) is 6.77. The van der Waals surface area contributed by atoms with Crippen LogP contribution in [0.15, 0.2) is 30.9 Å². The third-order valence-electron chi connectivity index (χ3n) is 2.25. The molecule has 0 aliphatic carbocycles. The summed E-state index contributed by atoms with van der Waals surface area (Å²) in [4.78, 5) is 0.